The monoisotopic (exact) mass is 434 g/mol. The Morgan fingerprint density at radius 3 is 2.62 bits per heavy atom. The van der Waals surface area contributed by atoms with Crippen molar-refractivity contribution in [1.82, 2.24) is 9.38 Å². The number of pyridine rings is 1. The Balaban J connectivity index is 1.85. The quantitative estimate of drug-likeness (QED) is 0.597. The van der Waals surface area contributed by atoms with Crippen LogP contribution in [-0.4, -0.2) is 33.6 Å². The van der Waals surface area contributed by atoms with Gasteiger partial charge in [-0.1, -0.05) is 19.1 Å². The summed E-state index contributed by atoms with van der Waals surface area (Å²) in [7, 11) is 0. The van der Waals surface area contributed by atoms with E-state index in [-0.39, 0.29) is 17.2 Å². The number of benzene rings is 1. The van der Waals surface area contributed by atoms with E-state index in [9.17, 15) is 14.7 Å². The molecule has 1 unspecified atom stereocenters. The summed E-state index contributed by atoms with van der Waals surface area (Å²) in [6.07, 6.45) is 5.89. The average molecular weight is 435 g/mol. The zero-order valence-electron chi connectivity index (χ0n) is 18.9. The first-order valence-corrected chi connectivity index (χ1v) is 11.3. The van der Waals surface area contributed by atoms with E-state index in [0.717, 1.165) is 48.4 Å². The summed E-state index contributed by atoms with van der Waals surface area (Å²) < 4.78 is 1.65. The van der Waals surface area contributed by atoms with Gasteiger partial charge in [0.1, 0.15) is 11.5 Å². The van der Waals surface area contributed by atoms with Gasteiger partial charge in [0, 0.05) is 30.5 Å². The van der Waals surface area contributed by atoms with Crippen LogP contribution < -0.4 is 15.8 Å². The summed E-state index contributed by atoms with van der Waals surface area (Å²) >= 11 is 0. The minimum absolute atomic E-state index is 0.0267. The third kappa shape index (κ3) is 4.07. The predicted molar refractivity (Wildman–Crippen MR) is 127 cm³/mol. The second kappa shape index (κ2) is 9.02. The van der Waals surface area contributed by atoms with Crippen LogP contribution >= 0.6 is 0 Å². The second-order valence-corrected chi connectivity index (χ2v) is 8.50. The van der Waals surface area contributed by atoms with E-state index in [4.69, 9.17) is 4.98 Å². The summed E-state index contributed by atoms with van der Waals surface area (Å²) in [5, 5.41) is 12.9. The first-order chi connectivity index (χ1) is 15.4. The highest BCUT2D eigenvalue weighted by Gasteiger charge is 2.22. The van der Waals surface area contributed by atoms with Crippen molar-refractivity contribution >= 4 is 23.1 Å². The Morgan fingerprint density at radius 1 is 1.22 bits per heavy atom. The van der Waals surface area contributed by atoms with Crippen LogP contribution in [0.3, 0.4) is 0 Å². The molecule has 1 aliphatic rings. The number of aromatic carboxylic acids is 1. The Bertz CT molecular complexity index is 1210. The predicted octanol–water partition coefficient (Wildman–Crippen LogP) is 4.43. The summed E-state index contributed by atoms with van der Waals surface area (Å²) in [6, 6.07) is 8.62. The minimum atomic E-state index is -0.983. The number of carboxylic acid groups (broad SMARTS) is 1. The largest absolute Gasteiger partial charge is 0.478 e. The number of carbonyl (C=O) groups is 1. The van der Waals surface area contributed by atoms with Gasteiger partial charge in [0.2, 0.25) is 0 Å². The highest BCUT2D eigenvalue weighted by atomic mass is 16.4. The number of carboxylic acids is 1. The molecule has 1 aliphatic heterocycles. The molecule has 1 aromatic carbocycles. The zero-order chi connectivity index (χ0) is 22.8. The number of piperidine rings is 1. The van der Waals surface area contributed by atoms with Crippen LogP contribution in [0.4, 0.5) is 11.5 Å². The maximum atomic E-state index is 13.4. The Kier molecular flexibility index (Phi) is 6.17. The number of nitrogens with one attached hydrogen (secondary N) is 1. The molecule has 7 heteroatoms. The smallest absolute Gasteiger partial charge is 0.337 e. The zero-order valence-corrected chi connectivity index (χ0v) is 18.9. The summed E-state index contributed by atoms with van der Waals surface area (Å²) in [5.41, 5.74) is 3.90. The van der Waals surface area contributed by atoms with Gasteiger partial charge in [-0.15, -0.1) is 0 Å². The van der Waals surface area contributed by atoms with Crippen molar-refractivity contribution in [2.45, 2.75) is 52.5 Å². The van der Waals surface area contributed by atoms with Gasteiger partial charge in [-0.05, 0) is 63.3 Å². The number of fused-ring (bicyclic) bond motifs is 1. The lowest BCUT2D eigenvalue weighted by Crippen LogP contribution is -2.34. The highest BCUT2D eigenvalue weighted by Crippen LogP contribution is 2.28. The number of hydrogen-bond donors (Lipinski definition) is 2. The molecule has 0 spiro atoms. The lowest BCUT2D eigenvalue weighted by atomic mass is 10.1. The van der Waals surface area contributed by atoms with Gasteiger partial charge in [0.05, 0.1) is 17.2 Å². The SMILES string of the molecule is CCc1c(N2CCCCC2)nc2c(C(C)Nc3ccccc3C(=O)O)cc(C)cn2c1=O. The fourth-order valence-electron chi connectivity index (χ4n) is 4.53. The first kappa shape index (κ1) is 21.9. The highest BCUT2D eigenvalue weighted by molar-refractivity contribution is 5.94. The van der Waals surface area contributed by atoms with E-state index in [2.05, 4.69) is 10.2 Å². The van der Waals surface area contributed by atoms with Crippen LogP contribution in [0, 0.1) is 6.92 Å². The lowest BCUT2D eigenvalue weighted by molar-refractivity contribution is 0.0698. The Labute approximate surface area is 187 Å². The molecule has 4 rings (SSSR count). The van der Waals surface area contributed by atoms with Gasteiger partial charge in [-0.25, -0.2) is 9.78 Å². The number of hydrogen-bond acceptors (Lipinski definition) is 5. The molecule has 3 aromatic rings. The van der Waals surface area contributed by atoms with Gasteiger partial charge in [0.15, 0.2) is 0 Å². The van der Waals surface area contributed by atoms with Crippen LogP contribution in [0.25, 0.3) is 5.65 Å². The van der Waals surface area contributed by atoms with Crippen LogP contribution in [0.15, 0.2) is 41.3 Å². The summed E-state index contributed by atoms with van der Waals surface area (Å²) in [5.74, 6) is -0.191. The third-order valence-electron chi connectivity index (χ3n) is 6.17. The van der Waals surface area contributed by atoms with Gasteiger partial charge >= 0.3 is 5.97 Å². The van der Waals surface area contributed by atoms with E-state index in [0.29, 0.717) is 17.8 Å². The molecule has 1 atom stereocenters. The second-order valence-electron chi connectivity index (χ2n) is 8.50. The summed E-state index contributed by atoms with van der Waals surface area (Å²) in [4.78, 5) is 32.4. The van der Waals surface area contributed by atoms with Crippen LogP contribution in [0.1, 0.15) is 66.2 Å². The van der Waals surface area contributed by atoms with Crippen molar-refractivity contribution in [3.63, 3.8) is 0 Å². The molecule has 3 heterocycles. The number of aryl methyl sites for hydroxylation is 1. The fraction of sp³-hybridized carbons (Fsp3) is 0.400. The van der Waals surface area contributed by atoms with Crippen LogP contribution in [-0.2, 0) is 6.42 Å². The van der Waals surface area contributed by atoms with Crippen molar-refractivity contribution < 1.29 is 9.90 Å². The van der Waals surface area contributed by atoms with E-state index in [1.165, 1.54) is 6.42 Å². The summed E-state index contributed by atoms with van der Waals surface area (Å²) in [6.45, 7) is 7.75. The number of aromatic nitrogens is 2. The Hall–Kier alpha value is -3.35. The molecule has 7 nitrogen and oxygen atoms in total. The molecular weight excluding hydrogens is 404 g/mol. The molecule has 0 bridgehead atoms. The maximum absolute atomic E-state index is 13.4. The molecule has 0 saturated carbocycles. The number of nitrogens with zero attached hydrogens (tertiary/aromatic N) is 3. The van der Waals surface area contributed by atoms with E-state index >= 15 is 0 Å². The maximum Gasteiger partial charge on any atom is 0.337 e. The van der Waals surface area contributed by atoms with E-state index < -0.39 is 5.97 Å². The average Bonchev–Trinajstić information content (AvgIpc) is 2.79. The Morgan fingerprint density at radius 2 is 1.94 bits per heavy atom. The van der Waals surface area contributed by atoms with E-state index in [1.54, 1.807) is 28.7 Å². The van der Waals surface area contributed by atoms with E-state index in [1.807, 2.05) is 33.0 Å². The lowest BCUT2D eigenvalue weighted by Gasteiger charge is -2.30. The topological polar surface area (TPSA) is 86.9 Å². The third-order valence-corrected chi connectivity index (χ3v) is 6.17. The molecule has 2 aromatic heterocycles. The van der Waals surface area contributed by atoms with Crippen LogP contribution in [0.5, 0.6) is 0 Å². The molecular formula is C25H30N4O3. The molecule has 2 N–H and O–H groups in total. The number of rotatable bonds is 6. The first-order valence-electron chi connectivity index (χ1n) is 11.3. The van der Waals surface area contributed by atoms with Gasteiger partial charge in [0.25, 0.3) is 5.56 Å². The molecule has 168 valence electrons. The van der Waals surface area contributed by atoms with Crippen molar-refractivity contribution in [2.24, 2.45) is 0 Å². The molecule has 32 heavy (non-hydrogen) atoms. The molecule has 0 radical (unpaired) electrons. The molecule has 1 fully saturated rings. The van der Waals surface area contributed by atoms with Crippen molar-refractivity contribution in [1.29, 1.82) is 0 Å². The van der Waals surface area contributed by atoms with Gasteiger partial charge in [-0.2, -0.15) is 0 Å². The number of para-hydroxylation sites is 1. The number of anilines is 2. The molecule has 1 saturated heterocycles. The van der Waals surface area contributed by atoms with Crippen molar-refractivity contribution in [3.8, 4) is 0 Å². The van der Waals surface area contributed by atoms with Crippen molar-refractivity contribution in [3.05, 3.63) is 69.1 Å². The standard InChI is InChI=1S/C25H30N4O3/c1-4-18-22(28-12-8-5-9-13-28)27-23-20(14-16(2)15-29(23)24(18)30)17(3)26-21-11-7-6-10-19(21)25(31)32/h6-7,10-11,14-15,17,26H,4-5,8-9,12-13H2,1-3H3,(H,31,32). The van der Waals surface area contributed by atoms with Crippen LogP contribution in [0.2, 0.25) is 0 Å². The minimum Gasteiger partial charge on any atom is -0.478 e. The normalized spacial score (nSPS) is 15.0. The van der Waals surface area contributed by atoms with Gasteiger partial charge < -0.3 is 15.3 Å². The molecule has 0 amide bonds. The molecule has 0 aliphatic carbocycles. The van der Waals surface area contributed by atoms with Gasteiger partial charge in [-0.3, -0.25) is 9.20 Å². The fourth-order valence-corrected chi connectivity index (χ4v) is 4.53. The van der Waals surface area contributed by atoms with Crippen molar-refractivity contribution in [2.75, 3.05) is 23.3 Å².